The maximum Gasteiger partial charge on any atom is 0.170 e. The highest BCUT2D eigenvalue weighted by atomic mass is 16.5. The van der Waals surface area contributed by atoms with Gasteiger partial charge in [-0.05, 0) is 30.9 Å². The predicted molar refractivity (Wildman–Crippen MR) is 52.5 cm³/mol. The summed E-state index contributed by atoms with van der Waals surface area (Å²) >= 11 is 0. The van der Waals surface area contributed by atoms with Gasteiger partial charge in [-0.3, -0.25) is 4.79 Å². The minimum atomic E-state index is 0.150. The van der Waals surface area contributed by atoms with E-state index in [-0.39, 0.29) is 11.9 Å². The van der Waals surface area contributed by atoms with Gasteiger partial charge in [-0.25, -0.2) is 0 Å². The Morgan fingerprint density at radius 1 is 1.21 bits per heavy atom. The lowest BCUT2D eigenvalue weighted by Gasteiger charge is -2.24. The molecule has 1 saturated carbocycles. The molecule has 0 spiro atoms. The Labute approximate surface area is 82.9 Å². The lowest BCUT2D eigenvalue weighted by Crippen LogP contribution is -2.28. The van der Waals surface area contributed by atoms with Crippen molar-refractivity contribution in [3.63, 3.8) is 0 Å². The number of hydrogen-bond donors (Lipinski definition) is 0. The number of ketones is 1. The first-order valence-corrected chi connectivity index (χ1v) is 5.13. The fraction of sp³-hybridized carbons (Fsp3) is 0.417. The number of rotatable bonds is 1. The molecule has 1 unspecified atom stereocenters. The molecule has 1 aliphatic carbocycles. The number of benzene rings is 1. The molecule has 0 N–H and O–H groups in total. The maximum atomic E-state index is 11.7. The first-order chi connectivity index (χ1) is 6.84. The normalized spacial score (nSPS) is 25.4. The maximum absolute atomic E-state index is 11.7. The zero-order valence-corrected chi connectivity index (χ0v) is 7.90. The summed E-state index contributed by atoms with van der Waals surface area (Å²) in [5.41, 5.74) is 0.754. The van der Waals surface area contributed by atoms with Crippen molar-refractivity contribution in [3.05, 3.63) is 29.8 Å². The molecule has 0 amide bonds. The average Bonchev–Trinajstić information content (AvgIpc) is 3.01. The second kappa shape index (κ2) is 2.84. The van der Waals surface area contributed by atoms with Crippen molar-refractivity contribution in [1.29, 1.82) is 0 Å². The van der Waals surface area contributed by atoms with Crippen LogP contribution in [0.25, 0.3) is 0 Å². The van der Waals surface area contributed by atoms with Gasteiger partial charge in [0, 0.05) is 6.42 Å². The molecule has 3 rings (SSSR count). The molecule has 0 radical (unpaired) electrons. The van der Waals surface area contributed by atoms with Gasteiger partial charge >= 0.3 is 0 Å². The van der Waals surface area contributed by atoms with E-state index in [1.807, 2.05) is 24.3 Å². The first-order valence-electron chi connectivity index (χ1n) is 5.13. The SMILES string of the molecule is O=C1CC(C2CC2)Oc2ccccc21. The lowest BCUT2D eigenvalue weighted by atomic mass is 9.98. The summed E-state index contributed by atoms with van der Waals surface area (Å²) in [5, 5.41) is 0. The summed E-state index contributed by atoms with van der Waals surface area (Å²) in [6.45, 7) is 0. The Hall–Kier alpha value is -1.31. The molecule has 1 atom stereocenters. The molecule has 0 aromatic heterocycles. The van der Waals surface area contributed by atoms with Crippen LogP contribution in [-0.4, -0.2) is 11.9 Å². The van der Waals surface area contributed by atoms with Crippen molar-refractivity contribution in [2.45, 2.75) is 25.4 Å². The van der Waals surface area contributed by atoms with Gasteiger partial charge in [0.15, 0.2) is 5.78 Å². The number of ether oxygens (including phenoxy) is 1. The zero-order chi connectivity index (χ0) is 9.54. The second-order valence-corrected chi connectivity index (χ2v) is 4.12. The lowest BCUT2D eigenvalue weighted by molar-refractivity contribution is 0.0819. The second-order valence-electron chi connectivity index (χ2n) is 4.12. The van der Waals surface area contributed by atoms with Crippen LogP contribution in [0.3, 0.4) is 0 Å². The number of carbonyl (C=O) groups is 1. The van der Waals surface area contributed by atoms with Crippen molar-refractivity contribution < 1.29 is 9.53 Å². The minimum absolute atomic E-state index is 0.150. The van der Waals surface area contributed by atoms with Gasteiger partial charge < -0.3 is 4.74 Å². The average molecular weight is 188 g/mol. The molecule has 14 heavy (non-hydrogen) atoms. The first kappa shape index (κ1) is 8.04. The van der Waals surface area contributed by atoms with Crippen LogP contribution in [0.2, 0.25) is 0 Å². The van der Waals surface area contributed by atoms with Gasteiger partial charge in [0.1, 0.15) is 11.9 Å². The molecule has 0 saturated heterocycles. The summed E-state index contributed by atoms with van der Waals surface area (Å²) in [6.07, 6.45) is 3.17. The predicted octanol–water partition coefficient (Wildman–Crippen LogP) is 2.43. The summed E-state index contributed by atoms with van der Waals surface area (Å²) in [4.78, 5) is 11.7. The molecule has 0 bridgehead atoms. The van der Waals surface area contributed by atoms with Crippen LogP contribution in [0.5, 0.6) is 5.75 Å². The topological polar surface area (TPSA) is 26.3 Å². The molecule has 72 valence electrons. The van der Waals surface area contributed by atoms with E-state index >= 15 is 0 Å². The largest absolute Gasteiger partial charge is 0.489 e. The van der Waals surface area contributed by atoms with Gasteiger partial charge in [0.2, 0.25) is 0 Å². The summed E-state index contributed by atoms with van der Waals surface area (Å²) in [6, 6.07) is 7.54. The summed E-state index contributed by atoms with van der Waals surface area (Å²) < 4.78 is 5.81. The van der Waals surface area contributed by atoms with E-state index in [2.05, 4.69) is 0 Å². The molecular formula is C12H12O2. The van der Waals surface area contributed by atoms with Crippen molar-refractivity contribution in [1.82, 2.24) is 0 Å². The van der Waals surface area contributed by atoms with Crippen LogP contribution >= 0.6 is 0 Å². The molecule has 1 aromatic rings. The number of para-hydroxylation sites is 1. The van der Waals surface area contributed by atoms with Crippen LogP contribution < -0.4 is 4.74 Å². The summed E-state index contributed by atoms with van der Waals surface area (Å²) in [5.74, 6) is 1.65. The van der Waals surface area contributed by atoms with Gasteiger partial charge in [0.05, 0.1) is 5.56 Å². The zero-order valence-electron chi connectivity index (χ0n) is 7.90. The number of fused-ring (bicyclic) bond motifs is 1. The van der Waals surface area contributed by atoms with E-state index in [1.165, 1.54) is 12.8 Å². The Morgan fingerprint density at radius 2 is 2.00 bits per heavy atom. The minimum Gasteiger partial charge on any atom is -0.489 e. The smallest absolute Gasteiger partial charge is 0.170 e. The number of hydrogen-bond acceptors (Lipinski definition) is 2. The van der Waals surface area contributed by atoms with E-state index in [0.29, 0.717) is 12.3 Å². The number of Topliss-reactive ketones (excluding diaryl/α,β-unsaturated/α-hetero) is 1. The van der Waals surface area contributed by atoms with Crippen molar-refractivity contribution in [2.24, 2.45) is 5.92 Å². The standard InChI is InChI=1S/C12H12O2/c13-10-7-12(8-5-6-8)14-11-4-2-1-3-9(10)11/h1-4,8,12H,5-7H2. The summed E-state index contributed by atoms with van der Waals surface area (Å²) in [7, 11) is 0. The highest BCUT2D eigenvalue weighted by Crippen LogP contribution is 2.40. The van der Waals surface area contributed by atoms with Crippen molar-refractivity contribution >= 4 is 5.78 Å². The van der Waals surface area contributed by atoms with Crippen LogP contribution in [-0.2, 0) is 0 Å². The molecule has 2 aliphatic rings. The van der Waals surface area contributed by atoms with E-state index < -0.39 is 0 Å². The molecule has 1 fully saturated rings. The van der Waals surface area contributed by atoms with Crippen LogP contribution in [0.15, 0.2) is 24.3 Å². The molecule has 1 aromatic carbocycles. The van der Waals surface area contributed by atoms with E-state index in [9.17, 15) is 4.79 Å². The van der Waals surface area contributed by atoms with Gasteiger partial charge in [-0.1, -0.05) is 12.1 Å². The highest BCUT2D eigenvalue weighted by molar-refractivity contribution is 5.99. The monoisotopic (exact) mass is 188 g/mol. The molecular weight excluding hydrogens is 176 g/mol. The van der Waals surface area contributed by atoms with Crippen molar-refractivity contribution in [3.8, 4) is 5.75 Å². The quantitative estimate of drug-likeness (QED) is 0.676. The number of carbonyl (C=O) groups excluding carboxylic acids is 1. The van der Waals surface area contributed by atoms with E-state index in [0.717, 1.165) is 11.3 Å². The third-order valence-electron chi connectivity index (χ3n) is 3.00. The Bertz CT molecular complexity index is 380. The third kappa shape index (κ3) is 1.22. The molecule has 2 nitrogen and oxygen atoms in total. The van der Waals surface area contributed by atoms with Crippen LogP contribution in [0.1, 0.15) is 29.6 Å². The highest BCUT2D eigenvalue weighted by Gasteiger charge is 2.37. The fourth-order valence-corrected chi connectivity index (χ4v) is 2.03. The third-order valence-corrected chi connectivity index (χ3v) is 3.00. The Kier molecular flexibility index (Phi) is 1.63. The van der Waals surface area contributed by atoms with E-state index in [4.69, 9.17) is 4.74 Å². The fourth-order valence-electron chi connectivity index (χ4n) is 2.03. The molecule has 1 heterocycles. The Morgan fingerprint density at radius 3 is 2.79 bits per heavy atom. The van der Waals surface area contributed by atoms with Crippen molar-refractivity contribution in [2.75, 3.05) is 0 Å². The molecule has 1 aliphatic heterocycles. The Balaban J connectivity index is 1.95. The van der Waals surface area contributed by atoms with Gasteiger partial charge in [-0.2, -0.15) is 0 Å². The van der Waals surface area contributed by atoms with Gasteiger partial charge in [0.25, 0.3) is 0 Å². The van der Waals surface area contributed by atoms with E-state index in [1.54, 1.807) is 0 Å². The van der Waals surface area contributed by atoms with Crippen LogP contribution in [0, 0.1) is 5.92 Å². The molecule has 2 heteroatoms. The van der Waals surface area contributed by atoms with Crippen LogP contribution in [0.4, 0.5) is 0 Å². The van der Waals surface area contributed by atoms with Gasteiger partial charge in [-0.15, -0.1) is 0 Å².